The van der Waals surface area contributed by atoms with Crippen LogP contribution in [0.4, 0.5) is 0 Å². The van der Waals surface area contributed by atoms with Crippen LogP contribution in [0.15, 0.2) is 0 Å². The van der Waals surface area contributed by atoms with Crippen LogP contribution < -0.4 is 10.6 Å². The van der Waals surface area contributed by atoms with Gasteiger partial charge < -0.3 is 20.5 Å². The van der Waals surface area contributed by atoms with Crippen LogP contribution in [0.2, 0.25) is 0 Å². The Bertz CT molecular complexity index is 304. The van der Waals surface area contributed by atoms with Gasteiger partial charge in [-0.2, -0.15) is 0 Å². The first kappa shape index (κ1) is 16.9. The molecule has 6 heteroatoms. The third-order valence-electron chi connectivity index (χ3n) is 3.54. The van der Waals surface area contributed by atoms with Crippen LogP contribution in [-0.4, -0.2) is 49.3 Å². The topological polar surface area (TPSA) is 87.7 Å². The number of rotatable bonds is 9. The van der Waals surface area contributed by atoms with Gasteiger partial charge >= 0.3 is 5.97 Å². The zero-order valence-corrected chi connectivity index (χ0v) is 12.2. The van der Waals surface area contributed by atoms with E-state index in [9.17, 15) is 9.59 Å². The molecule has 0 spiro atoms. The molecule has 20 heavy (non-hydrogen) atoms. The molecule has 1 amide bonds. The van der Waals surface area contributed by atoms with Gasteiger partial charge in [-0.1, -0.05) is 19.8 Å². The molecule has 1 rings (SSSR count). The Labute approximate surface area is 120 Å². The number of carbonyl (C=O) groups excluding carboxylic acids is 1. The number of carbonyl (C=O) groups is 2. The summed E-state index contributed by atoms with van der Waals surface area (Å²) in [5.41, 5.74) is 0. The predicted molar refractivity (Wildman–Crippen MR) is 75.5 cm³/mol. The molecule has 1 saturated heterocycles. The van der Waals surface area contributed by atoms with E-state index in [0.717, 1.165) is 25.8 Å². The van der Waals surface area contributed by atoms with E-state index in [1.54, 1.807) is 0 Å². The molecule has 116 valence electrons. The van der Waals surface area contributed by atoms with E-state index >= 15 is 0 Å². The molecule has 2 unspecified atom stereocenters. The molecule has 1 heterocycles. The fourth-order valence-electron chi connectivity index (χ4n) is 2.42. The molecule has 0 aliphatic carbocycles. The molecule has 1 aliphatic rings. The summed E-state index contributed by atoms with van der Waals surface area (Å²) in [6.07, 6.45) is 3.35. The normalized spacial score (nSPS) is 20.4. The van der Waals surface area contributed by atoms with Gasteiger partial charge in [-0.05, 0) is 18.8 Å². The maximum Gasteiger partial charge on any atom is 0.303 e. The molecule has 0 aromatic carbocycles. The first-order valence-corrected chi connectivity index (χ1v) is 7.45. The second-order valence-electron chi connectivity index (χ2n) is 5.23. The van der Waals surface area contributed by atoms with E-state index in [4.69, 9.17) is 9.84 Å². The lowest BCUT2D eigenvalue weighted by Gasteiger charge is -2.23. The van der Waals surface area contributed by atoms with Crippen molar-refractivity contribution in [2.24, 2.45) is 5.92 Å². The summed E-state index contributed by atoms with van der Waals surface area (Å²) < 4.78 is 5.37. The van der Waals surface area contributed by atoms with Gasteiger partial charge in [-0.15, -0.1) is 0 Å². The van der Waals surface area contributed by atoms with Crippen molar-refractivity contribution in [1.29, 1.82) is 0 Å². The largest absolute Gasteiger partial charge is 0.481 e. The molecule has 0 aromatic rings. The van der Waals surface area contributed by atoms with E-state index in [0.29, 0.717) is 32.0 Å². The summed E-state index contributed by atoms with van der Waals surface area (Å²) in [6, 6.07) is 0. The number of amides is 1. The highest BCUT2D eigenvalue weighted by atomic mass is 16.5. The van der Waals surface area contributed by atoms with Crippen molar-refractivity contribution in [3.8, 4) is 0 Å². The zero-order chi connectivity index (χ0) is 14.8. The highest BCUT2D eigenvalue weighted by Gasteiger charge is 2.21. The molecule has 1 fully saturated rings. The molecular weight excluding hydrogens is 260 g/mol. The van der Waals surface area contributed by atoms with Crippen molar-refractivity contribution >= 4 is 11.9 Å². The lowest BCUT2D eigenvalue weighted by molar-refractivity contribution is -0.137. The number of carboxylic acid groups (broad SMARTS) is 1. The van der Waals surface area contributed by atoms with E-state index in [2.05, 4.69) is 17.6 Å². The monoisotopic (exact) mass is 286 g/mol. The summed E-state index contributed by atoms with van der Waals surface area (Å²) >= 11 is 0. The number of morpholine rings is 1. The zero-order valence-electron chi connectivity index (χ0n) is 12.2. The van der Waals surface area contributed by atoms with Crippen LogP contribution in [0.1, 0.15) is 39.0 Å². The molecular formula is C14H26N2O4. The van der Waals surface area contributed by atoms with E-state index < -0.39 is 12.1 Å². The quantitative estimate of drug-likeness (QED) is 0.582. The number of aliphatic carboxylic acids is 1. The first-order valence-electron chi connectivity index (χ1n) is 7.45. The van der Waals surface area contributed by atoms with E-state index in [1.165, 1.54) is 0 Å². The van der Waals surface area contributed by atoms with Gasteiger partial charge in [0, 0.05) is 26.1 Å². The lowest BCUT2D eigenvalue weighted by atomic mass is 9.94. The number of carboxylic acids is 1. The molecule has 0 bridgehead atoms. The third-order valence-corrected chi connectivity index (χ3v) is 3.54. The Morgan fingerprint density at radius 3 is 2.80 bits per heavy atom. The van der Waals surface area contributed by atoms with Gasteiger partial charge in [0.2, 0.25) is 5.91 Å². The molecule has 0 aromatic heterocycles. The van der Waals surface area contributed by atoms with Crippen molar-refractivity contribution in [3.63, 3.8) is 0 Å². The molecule has 0 radical (unpaired) electrons. The van der Waals surface area contributed by atoms with Gasteiger partial charge in [0.1, 0.15) is 6.10 Å². The van der Waals surface area contributed by atoms with Crippen molar-refractivity contribution in [2.45, 2.75) is 45.1 Å². The maximum absolute atomic E-state index is 11.8. The molecule has 1 aliphatic heterocycles. The van der Waals surface area contributed by atoms with Gasteiger partial charge in [0.15, 0.2) is 0 Å². The minimum Gasteiger partial charge on any atom is -0.481 e. The Hall–Kier alpha value is -1.14. The van der Waals surface area contributed by atoms with E-state index in [-0.39, 0.29) is 12.3 Å². The fraction of sp³-hybridized carbons (Fsp3) is 0.857. The average Bonchev–Trinajstić information content (AvgIpc) is 2.45. The molecule has 6 nitrogen and oxygen atoms in total. The summed E-state index contributed by atoms with van der Waals surface area (Å²) in [6.45, 7) is 4.59. The second kappa shape index (κ2) is 9.72. The summed E-state index contributed by atoms with van der Waals surface area (Å²) in [5.74, 6) is -0.468. The minimum atomic E-state index is -0.753. The smallest absolute Gasteiger partial charge is 0.303 e. The predicted octanol–water partition coefficient (Wildman–Crippen LogP) is 0.762. The highest BCUT2D eigenvalue weighted by Crippen LogP contribution is 2.17. The lowest BCUT2D eigenvalue weighted by Crippen LogP contribution is -2.48. The highest BCUT2D eigenvalue weighted by molar-refractivity contribution is 5.81. The van der Waals surface area contributed by atoms with Crippen molar-refractivity contribution < 1.29 is 19.4 Å². The number of hydrogen-bond acceptors (Lipinski definition) is 4. The first-order chi connectivity index (χ1) is 9.63. The Balaban J connectivity index is 2.21. The second-order valence-corrected chi connectivity index (χ2v) is 5.23. The van der Waals surface area contributed by atoms with Crippen molar-refractivity contribution in [3.05, 3.63) is 0 Å². The van der Waals surface area contributed by atoms with Crippen molar-refractivity contribution in [2.75, 3.05) is 26.2 Å². The molecule has 2 atom stereocenters. The number of hydrogen-bond donors (Lipinski definition) is 3. The van der Waals surface area contributed by atoms with Crippen molar-refractivity contribution in [1.82, 2.24) is 10.6 Å². The Morgan fingerprint density at radius 1 is 1.40 bits per heavy atom. The van der Waals surface area contributed by atoms with E-state index in [1.807, 2.05) is 0 Å². The summed E-state index contributed by atoms with van der Waals surface area (Å²) in [7, 11) is 0. The van der Waals surface area contributed by atoms with Gasteiger partial charge in [0.25, 0.3) is 0 Å². The van der Waals surface area contributed by atoms with Gasteiger partial charge in [-0.25, -0.2) is 0 Å². The average molecular weight is 286 g/mol. The van der Waals surface area contributed by atoms with Crippen LogP contribution in [0.25, 0.3) is 0 Å². The van der Waals surface area contributed by atoms with Crippen LogP contribution in [-0.2, 0) is 14.3 Å². The Kier molecular flexibility index (Phi) is 8.22. The number of ether oxygens (including phenoxy) is 1. The Morgan fingerprint density at radius 2 is 2.20 bits per heavy atom. The fourth-order valence-corrected chi connectivity index (χ4v) is 2.42. The maximum atomic E-state index is 11.8. The summed E-state index contributed by atoms with van der Waals surface area (Å²) in [5, 5.41) is 14.7. The number of nitrogens with one attached hydrogen (secondary N) is 2. The van der Waals surface area contributed by atoms with Gasteiger partial charge in [0.05, 0.1) is 6.61 Å². The van der Waals surface area contributed by atoms with Crippen LogP contribution in [0.5, 0.6) is 0 Å². The van der Waals surface area contributed by atoms with Crippen LogP contribution in [0, 0.1) is 5.92 Å². The van der Waals surface area contributed by atoms with Gasteiger partial charge in [-0.3, -0.25) is 9.59 Å². The van der Waals surface area contributed by atoms with Crippen LogP contribution >= 0.6 is 0 Å². The third kappa shape index (κ3) is 6.86. The minimum absolute atomic E-state index is 0.0781. The molecule has 0 saturated carbocycles. The SMILES string of the molecule is CCCC(CCNC(=O)C1CNCCO1)CCC(=O)O. The summed E-state index contributed by atoms with van der Waals surface area (Å²) in [4.78, 5) is 22.4. The standard InChI is InChI=1S/C14H26N2O4/c1-2-3-11(4-5-13(17)18)6-7-16-14(19)12-10-15-8-9-20-12/h11-12,15H,2-10H2,1H3,(H,16,19)(H,17,18). The van der Waals surface area contributed by atoms with Crippen LogP contribution in [0.3, 0.4) is 0 Å². The molecule has 3 N–H and O–H groups in total.